The molecule has 6 heteroatoms. The van der Waals surface area contributed by atoms with Crippen LogP contribution in [0.4, 0.5) is 0 Å². The number of fused-ring (bicyclic) bond motifs is 1. The highest BCUT2D eigenvalue weighted by molar-refractivity contribution is 5.79. The van der Waals surface area contributed by atoms with Crippen molar-refractivity contribution >= 4 is 17.5 Å². The largest absolute Gasteiger partial charge is 0.342 e. The number of pyridine rings is 1. The maximum atomic E-state index is 12.7. The highest BCUT2D eigenvalue weighted by Gasteiger charge is 2.31. The molecular weight excluding hydrogens is 316 g/mol. The van der Waals surface area contributed by atoms with E-state index < -0.39 is 0 Å². The molecule has 0 aliphatic carbocycles. The Hall–Kier alpha value is -2.37. The molecule has 132 valence electrons. The molecular formula is C19H24N4O2. The Bertz CT molecular complexity index is 805. The number of hydrogen-bond acceptors (Lipinski definition) is 3. The van der Waals surface area contributed by atoms with Crippen LogP contribution in [0, 0.1) is 6.92 Å². The molecule has 2 amide bonds. The molecule has 2 fully saturated rings. The molecule has 2 aliphatic heterocycles. The highest BCUT2D eigenvalue weighted by Crippen LogP contribution is 2.22. The molecule has 2 saturated heterocycles. The second-order valence-electron chi connectivity index (χ2n) is 7.11. The second-order valence-corrected chi connectivity index (χ2v) is 7.11. The van der Waals surface area contributed by atoms with Crippen molar-refractivity contribution in [1.29, 1.82) is 0 Å². The van der Waals surface area contributed by atoms with Crippen molar-refractivity contribution in [2.75, 3.05) is 19.6 Å². The SMILES string of the molecule is Cc1cccn2c(CC(=O)N3CCC(N4CCCC4=O)CC3)cnc12. The topological polar surface area (TPSA) is 57.9 Å². The number of nitrogens with zero attached hydrogens (tertiary/aromatic N) is 4. The Morgan fingerprint density at radius 1 is 1.28 bits per heavy atom. The minimum Gasteiger partial charge on any atom is -0.342 e. The van der Waals surface area contributed by atoms with Crippen LogP contribution >= 0.6 is 0 Å². The van der Waals surface area contributed by atoms with Crippen molar-refractivity contribution in [2.24, 2.45) is 0 Å². The zero-order valence-electron chi connectivity index (χ0n) is 14.6. The van der Waals surface area contributed by atoms with Crippen molar-refractivity contribution < 1.29 is 9.59 Å². The number of piperidine rings is 1. The quantitative estimate of drug-likeness (QED) is 0.856. The van der Waals surface area contributed by atoms with Gasteiger partial charge in [-0.3, -0.25) is 9.59 Å². The van der Waals surface area contributed by atoms with E-state index in [0.717, 1.165) is 55.8 Å². The molecule has 0 aromatic carbocycles. The minimum absolute atomic E-state index is 0.148. The standard InChI is InChI=1S/C19H24N4O2/c1-14-4-2-9-23-16(13-20-19(14)23)12-18(25)21-10-6-15(7-11-21)22-8-3-5-17(22)24/h2,4,9,13,15H,3,5-8,10-12H2,1H3. The van der Waals surface area contributed by atoms with Crippen LogP contribution in [0.1, 0.15) is 36.9 Å². The molecule has 0 N–H and O–H groups in total. The minimum atomic E-state index is 0.148. The van der Waals surface area contributed by atoms with E-state index in [1.165, 1.54) is 0 Å². The maximum absolute atomic E-state index is 12.7. The summed E-state index contributed by atoms with van der Waals surface area (Å²) in [6, 6.07) is 4.33. The molecule has 0 unspecified atom stereocenters. The van der Waals surface area contributed by atoms with E-state index in [2.05, 4.69) is 4.98 Å². The van der Waals surface area contributed by atoms with Gasteiger partial charge in [0.05, 0.1) is 12.1 Å². The predicted octanol–water partition coefficient (Wildman–Crippen LogP) is 1.80. The van der Waals surface area contributed by atoms with E-state index in [9.17, 15) is 9.59 Å². The maximum Gasteiger partial charge on any atom is 0.228 e. The third kappa shape index (κ3) is 3.01. The van der Waals surface area contributed by atoms with Gasteiger partial charge in [-0.2, -0.15) is 0 Å². The third-order valence-electron chi connectivity index (χ3n) is 5.51. The fraction of sp³-hybridized carbons (Fsp3) is 0.526. The molecule has 0 bridgehead atoms. The molecule has 2 aromatic rings. The van der Waals surface area contributed by atoms with Crippen molar-refractivity contribution in [3.8, 4) is 0 Å². The number of carbonyl (C=O) groups is 2. The Morgan fingerprint density at radius 3 is 2.80 bits per heavy atom. The van der Waals surface area contributed by atoms with Gasteiger partial charge in [0.1, 0.15) is 5.65 Å². The van der Waals surface area contributed by atoms with Gasteiger partial charge in [0, 0.05) is 44.5 Å². The number of amides is 2. The molecule has 2 aromatic heterocycles. The summed E-state index contributed by atoms with van der Waals surface area (Å²) in [5.41, 5.74) is 2.95. The zero-order chi connectivity index (χ0) is 17.4. The number of imidazole rings is 1. The lowest BCUT2D eigenvalue weighted by Crippen LogP contribution is -2.47. The summed E-state index contributed by atoms with van der Waals surface area (Å²) in [4.78, 5) is 33.0. The van der Waals surface area contributed by atoms with E-state index in [1.54, 1.807) is 6.20 Å². The number of carbonyl (C=O) groups excluding carboxylic acids is 2. The van der Waals surface area contributed by atoms with Crippen molar-refractivity contribution in [3.63, 3.8) is 0 Å². The summed E-state index contributed by atoms with van der Waals surface area (Å²) in [6.45, 7) is 4.39. The number of hydrogen-bond donors (Lipinski definition) is 0. The van der Waals surface area contributed by atoms with E-state index in [0.29, 0.717) is 18.9 Å². The van der Waals surface area contributed by atoms with Gasteiger partial charge in [0.2, 0.25) is 11.8 Å². The van der Waals surface area contributed by atoms with E-state index >= 15 is 0 Å². The Morgan fingerprint density at radius 2 is 2.08 bits per heavy atom. The summed E-state index contributed by atoms with van der Waals surface area (Å²) >= 11 is 0. The normalized spacial score (nSPS) is 19.2. The fourth-order valence-electron chi connectivity index (χ4n) is 4.08. The van der Waals surface area contributed by atoms with Crippen LogP contribution in [0.3, 0.4) is 0 Å². The average molecular weight is 340 g/mol. The average Bonchev–Trinajstić information content (AvgIpc) is 3.22. The van der Waals surface area contributed by atoms with Crippen molar-refractivity contribution in [1.82, 2.24) is 19.2 Å². The first-order valence-electron chi connectivity index (χ1n) is 9.12. The third-order valence-corrected chi connectivity index (χ3v) is 5.51. The summed E-state index contributed by atoms with van der Waals surface area (Å²) < 4.78 is 2.00. The van der Waals surface area contributed by atoms with Crippen LogP contribution in [-0.4, -0.2) is 56.7 Å². The number of aromatic nitrogens is 2. The van der Waals surface area contributed by atoms with Gasteiger partial charge in [-0.15, -0.1) is 0 Å². The number of rotatable bonds is 3. The van der Waals surface area contributed by atoms with Gasteiger partial charge < -0.3 is 14.2 Å². The van der Waals surface area contributed by atoms with Gasteiger partial charge in [-0.25, -0.2) is 4.98 Å². The second kappa shape index (κ2) is 6.50. The summed E-state index contributed by atoms with van der Waals surface area (Å²) in [5.74, 6) is 0.431. The molecule has 4 rings (SSSR count). The molecule has 25 heavy (non-hydrogen) atoms. The van der Waals surface area contributed by atoms with Gasteiger partial charge >= 0.3 is 0 Å². The van der Waals surface area contributed by atoms with Gasteiger partial charge in [0.15, 0.2) is 0 Å². The summed E-state index contributed by atoms with van der Waals surface area (Å²) in [6.07, 6.45) is 7.59. The van der Waals surface area contributed by atoms with E-state index in [4.69, 9.17) is 0 Å². The lowest BCUT2D eigenvalue weighted by Gasteiger charge is -2.36. The van der Waals surface area contributed by atoms with Crippen LogP contribution in [-0.2, 0) is 16.0 Å². The Kier molecular flexibility index (Phi) is 4.19. The lowest BCUT2D eigenvalue weighted by molar-refractivity contribution is -0.134. The molecule has 0 spiro atoms. The van der Waals surface area contributed by atoms with Crippen LogP contribution in [0.15, 0.2) is 24.5 Å². The van der Waals surface area contributed by atoms with Crippen LogP contribution in [0.5, 0.6) is 0 Å². The molecule has 0 saturated carbocycles. The zero-order valence-corrected chi connectivity index (χ0v) is 14.6. The smallest absolute Gasteiger partial charge is 0.228 e. The number of aryl methyl sites for hydroxylation is 1. The lowest BCUT2D eigenvalue weighted by atomic mass is 10.0. The van der Waals surface area contributed by atoms with Crippen molar-refractivity contribution in [2.45, 2.75) is 45.1 Å². The Labute approximate surface area is 147 Å². The fourth-order valence-corrected chi connectivity index (χ4v) is 4.08. The van der Waals surface area contributed by atoms with Crippen LogP contribution < -0.4 is 0 Å². The first-order chi connectivity index (χ1) is 12.1. The molecule has 4 heterocycles. The first kappa shape index (κ1) is 16.1. The van der Waals surface area contributed by atoms with Crippen molar-refractivity contribution in [3.05, 3.63) is 35.8 Å². The predicted molar refractivity (Wildman–Crippen MR) is 94.2 cm³/mol. The van der Waals surface area contributed by atoms with E-state index in [1.807, 2.05) is 39.5 Å². The molecule has 0 radical (unpaired) electrons. The summed E-state index contributed by atoms with van der Waals surface area (Å²) in [7, 11) is 0. The molecule has 6 nitrogen and oxygen atoms in total. The van der Waals surface area contributed by atoms with Gasteiger partial charge in [-0.05, 0) is 37.8 Å². The molecule has 2 aliphatic rings. The number of likely N-dealkylation sites (tertiary alicyclic amines) is 2. The highest BCUT2D eigenvalue weighted by atomic mass is 16.2. The molecule has 0 atom stereocenters. The van der Waals surface area contributed by atoms with Gasteiger partial charge in [0.25, 0.3) is 0 Å². The summed E-state index contributed by atoms with van der Waals surface area (Å²) in [5, 5.41) is 0. The van der Waals surface area contributed by atoms with Gasteiger partial charge in [-0.1, -0.05) is 6.07 Å². The first-order valence-corrected chi connectivity index (χ1v) is 9.12. The Balaban J connectivity index is 1.39. The van der Waals surface area contributed by atoms with Crippen LogP contribution in [0.2, 0.25) is 0 Å². The van der Waals surface area contributed by atoms with Crippen LogP contribution in [0.25, 0.3) is 5.65 Å². The van der Waals surface area contributed by atoms with E-state index in [-0.39, 0.29) is 11.8 Å². The monoisotopic (exact) mass is 340 g/mol.